The molecule has 0 spiro atoms. The van der Waals surface area contributed by atoms with Crippen molar-refractivity contribution in [1.29, 1.82) is 0 Å². The maximum absolute atomic E-state index is 12.7. The smallest absolute Gasteiger partial charge is 0.187 e. The number of fused-ring (bicyclic) bond motifs is 5. The lowest BCUT2D eigenvalue weighted by molar-refractivity contribution is -0.315. The van der Waals surface area contributed by atoms with Gasteiger partial charge in [-0.25, -0.2) is 0 Å². The Morgan fingerprint density at radius 2 is 1.56 bits per heavy atom. The lowest BCUT2D eigenvalue weighted by Crippen LogP contribution is -2.75. The highest BCUT2D eigenvalue weighted by molar-refractivity contribution is 5.24. The van der Waals surface area contributed by atoms with Crippen LogP contribution in [0.15, 0.2) is 0 Å². The highest BCUT2D eigenvalue weighted by atomic mass is 16.8. The van der Waals surface area contributed by atoms with Gasteiger partial charge in [-0.05, 0) is 74.0 Å². The van der Waals surface area contributed by atoms with Gasteiger partial charge in [-0.2, -0.15) is 0 Å². The molecule has 2 heterocycles. The first-order chi connectivity index (χ1) is 24.4. The molecule has 14 heteroatoms. The quantitative estimate of drug-likeness (QED) is 0.138. The molecule has 0 aromatic heterocycles. The Morgan fingerprint density at radius 1 is 0.846 bits per heavy atom. The minimum absolute atomic E-state index is 0.0391. The van der Waals surface area contributed by atoms with Crippen molar-refractivity contribution in [3.63, 3.8) is 0 Å². The molecule has 6 rings (SSSR count). The maximum Gasteiger partial charge on any atom is 0.187 e. The van der Waals surface area contributed by atoms with E-state index >= 15 is 0 Å². The fraction of sp³-hybridized carbons (Fsp3) is 1.00. The molecular formula is C38H66O14. The number of aliphatic hydroxyl groups excluding tert-OH is 7. The van der Waals surface area contributed by atoms with E-state index in [1.54, 1.807) is 0 Å². The Bertz CT molecular complexity index is 1230. The van der Waals surface area contributed by atoms with Gasteiger partial charge in [-0.3, -0.25) is 0 Å². The summed E-state index contributed by atoms with van der Waals surface area (Å²) < 4.78 is 29.9. The third-order valence-electron chi connectivity index (χ3n) is 15.0. The molecule has 52 heavy (non-hydrogen) atoms. The molecule has 0 bridgehead atoms. The molecule has 6 fully saturated rings. The van der Waals surface area contributed by atoms with Crippen LogP contribution in [-0.4, -0.2) is 151 Å². The molecule has 2 saturated heterocycles. The lowest BCUT2D eigenvalue weighted by atomic mass is 9.40. The van der Waals surface area contributed by atoms with Crippen molar-refractivity contribution < 1.29 is 69.6 Å². The second-order valence-corrected chi connectivity index (χ2v) is 18.2. The maximum atomic E-state index is 12.7. The van der Waals surface area contributed by atoms with E-state index in [4.69, 9.17) is 23.7 Å². The third kappa shape index (κ3) is 6.61. The van der Waals surface area contributed by atoms with Crippen molar-refractivity contribution in [2.45, 2.75) is 177 Å². The van der Waals surface area contributed by atoms with Crippen LogP contribution in [0, 0.1) is 40.4 Å². The van der Waals surface area contributed by atoms with Crippen LogP contribution in [0.5, 0.6) is 0 Å². The summed E-state index contributed by atoms with van der Waals surface area (Å²) in [5.74, 6) is -0.548. The SMILES string of the molecule is CO[C@@H]1[C@@H](O[C@@H]2OC[C@@H](O)[C@H](O)[C@H]2O)[C@H](O[C@@H](CC[C@@H](C)[C@H]2C[C@H](O)[C@@H]3[C@]2(C)CC[C@H]2[C@@]3(O)C[C@@H](O)[C@@]3(O)C[C@@H](O)CC[C@]23C)C(C)C)O[C@H]1CO. The van der Waals surface area contributed by atoms with Gasteiger partial charge in [-0.1, -0.05) is 34.6 Å². The number of hydrogen-bond donors (Lipinski definition) is 9. The van der Waals surface area contributed by atoms with E-state index in [-0.39, 0.29) is 55.8 Å². The highest BCUT2D eigenvalue weighted by Crippen LogP contribution is 2.70. The molecule has 0 aromatic carbocycles. The van der Waals surface area contributed by atoms with Crippen LogP contribution in [0.4, 0.5) is 0 Å². The largest absolute Gasteiger partial charge is 0.394 e. The predicted octanol–water partition coefficient (Wildman–Crippen LogP) is 0.192. The van der Waals surface area contributed by atoms with Crippen molar-refractivity contribution >= 4 is 0 Å². The Kier molecular flexibility index (Phi) is 11.9. The Labute approximate surface area is 307 Å². The second kappa shape index (κ2) is 15.1. The predicted molar refractivity (Wildman–Crippen MR) is 184 cm³/mol. The van der Waals surface area contributed by atoms with Gasteiger partial charge in [0.1, 0.15) is 36.6 Å². The van der Waals surface area contributed by atoms with Crippen LogP contribution in [0.25, 0.3) is 0 Å². The minimum Gasteiger partial charge on any atom is -0.394 e. The molecule has 6 aliphatic rings. The van der Waals surface area contributed by atoms with Crippen LogP contribution in [0.1, 0.15) is 92.4 Å². The van der Waals surface area contributed by atoms with E-state index in [1.165, 1.54) is 7.11 Å². The first kappa shape index (κ1) is 41.1. The molecule has 0 amide bonds. The highest BCUT2D eigenvalue weighted by Gasteiger charge is 2.74. The molecule has 9 N–H and O–H groups in total. The molecule has 0 unspecified atom stereocenters. The van der Waals surface area contributed by atoms with Gasteiger partial charge in [0, 0.05) is 31.3 Å². The minimum atomic E-state index is -1.53. The Hall–Kier alpha value is -0.560. The van der Waals surface area contributed by atoms with Gasteiger partial charge in [-0.15, -0.1) is 0 Å². The summed E-state index contributed by atoms with van der Waals surface area (Å²) in [4.78, 5) is 0. The first-order valence-corrected chi connectivity index (χ1v) is 19.6. The number of rotatable bonds is 11. The standard InChI is InChI=1S/C38H66O14/c1-18(2)24(50-34-31(30(48-6)25(16-39)51-34)52-33-29(45)28(44)23(42)17-49-33)8-7-19(3)21-13-22(41)32-35(21,4)11-10-26-36(5)12-9-20(40)14-38(36,47)27(43)15-37(26,32)46/h18-34,39-47H,7-17H2,1-6H3/t19-,20+,21-,22+,23-,24+,25+,26-,27-,28+,29-,30+,31-,32-,33+,34-,35-,36-,37+,38+/m1/s1. The summed E-state index contributed by atoms with van der Waals surface area (Å²) in [6.45, 7) is 9.77. The zero-order chi connectivity index (χ0) is 38.1. The van der Waals surface area contributed by atoms with Gasteiger partial charge >= 0.3 is 0 Å². The molecular weight excluding hydrogens is 680 g/mol. The van der Waals surface area contributed by atoms with Crippen molar-refractivity contribution in [3.05, 3.63) is 0 Å². The summed E-state index contributed by atoms with van der Waals surface area (Å²) in [6.07, 6.45) is -7.71. The van der Waals surface area contributed by atoms with Crippen LogP contribution in [-0.2, 0) is 23.7 Å². The molecule has 2 aliphatic heterocycles. The normalized spacial score (nSPS) is 53.3. The first-order valence-electron chi connectivity index (χ1n) is 19.6. The molecule has 20 atom stereocenters. The van der Waals surface area contributed by atoms with Crippen LogP contribution in [0.2, 0.25) is 0 Å². The molecule has 14 nitrogen and oxygen atoms in total. The fourth-order valence-corrected chi connectivity index (χ4v) is 12.2. The summed E-state index contributed by atoms with van der Waals surface area (Å²) in [6, 6.07) is 0. The summed E-state index contributed by atoms with van der Waals surface area (Å²) in [5, 5.41) is 98.9. The Balaban J connectivity index is 1.15. The summed E-state index contributed by atoms with van der Waals surface area (Å²) in [5.41, 5.74) is -4.08. The topological polar surface area (TPSA) is 228 Å². The molecule has 302 valence electrons. The molecule has 0 aromatic rings. The number of ether oxygens (including phenoxy) is 5. The van der Waals surface area contributed by atoms with Crippen LogP contribution in [0.3, 0.4) is 0 Å². The average Bonchev–Trinajstić information content (AvgIpc) is 3.56. The number of hydrogen-bond acceptors (Lipinski definition) is 14. The van der Waals surface area contributed by atoms with Gasteiger partial charge < -0.3 is 69.6 Å². The van der Waals surface area contributed by atoms with Crippen molar-refractivity contribution in [2.24, 2.45) is 40.4 Å². The van der Waals surface area contributed by atoms with Gasteiger partial charge in [0.2, 0.25) is 0 Å². The van der Waals surface area contributed by atoms with Crippen molar-refractivity contribution in [2.75, 3.05) is 20.3 Å². The molecule has 4 saturated carbocycles. The second-order valence-electron chi connectivity index (χ2n) is 18.2. The average molecular weight is 747 g/mol. The van der Waals surface area contributed by atoms with Gasteiger partial charge in [0.15, 0.2) is 12.6 Å². The zero-order valence-corrected chi connectivity index (χ0v) is 31.7. The van der Waals surface area contributed by atoms with E-state index in [1.807, 2.05) is 20.8 Å². The van der Waals surface area contributed by atoms with E-state index in [0.29, 0.717) is 32.1 Å². The van der Waals surface area contributed by atoms with Crippen molar-refractivity contribution in [3.8, 4) is 0 Å². The zero-order valence-electron chi connectivity index (χ0n) is 31.7. The van der Waals surface area contributed by atoms with E-state index in [2.05, 4.69) is 13.8 Å². The molecule has 0 radical (unpaired) electrons. The van der Waals surface area contributed by atoms with Gasteiger partial charge in [0.05, 0.1) is 48.8 Å². The summed E-state index contributed by atoms with van der Waals surface area (Å²) >= 11 is 0. The monoisotopic (exact) mass is 746 g/mol. The van der Waals surface area contributed by atoms with Crippen molar-refractivity contribution in [1.82, 2.24) is 0 Å². The van der Waals surface area contributed by atoms with Crippen LogP contribution < -0.4 is 0 Å². The number of methoxy groups -OCH3 is 1. The third-order valence-corrected chi connectivity index (χ3v) is 15.0. The van der Waals surface area contributed by atoms with E-state index < -0.39 is 95.5 Å². The van der Waals surface area contributed by atoms with E-state index in [0.717, 1.165) is 12.8 Å². The lowest BCUT2D eigenvalue weighted by Gasteiger charge is -2.68. The Morgan fingerprint density at radius 3 is 2.21 bits per heavy atom. The number of aliphatic hydroxyl groups is 9. The summed E-state index contributed by atoms with van der Waals surface area (Å²) in [7, 11) is 1.45. The van der Waals surface area contributed by atoms with Crippen LogP contribution >= 0.6 is 0 Å². The van der Waals surface area contributed by atoms with E-state index in [9.17, 15) is 46.0 Å². The van der Waals surface area contributed by atoms with Gasteiger partial charge in [0.25, 0.3) is 0 Å². The fourth-order valence-electron chi connectivity index (χ4n) is 12.2. The molecule has 4 aliphatic carbocycles.